The van der Waals surface area contributed by atoms with E-state index in [4.69, 9.17) is 23.2 Å². The van der Waals surface area contributed by atoms with Crippen LogP contribution in [0.3, 0.4) is 0 Å². The van der Waals surface area contributed by atoms with Crippen molar-refractivity contribution in [3.05, 3.63) is 71.0 Å². The third-order valence-electron chi connectivity index (χ3n) is 4.89. The summed E-state index contributed by atoms with van der Waals surface area (Å²) in [4.78, 5) is 4.95. The van der Waals surface area contributed by atoms with Gasteiger partial charge in [0.15, 0.2) is 0 Å². The minimum atomic E-state index is -1.15. The number of benzene rings is 2. The lowest BCUT2D eigenvalue weighted by atomic mass is 9.85. The summed E-state index contributed by atoms with van der Waals surface area (Å²) in [5, 5.41) is 19.9. The van der Waals surface area contributed by atoms with Crippen molar-refractivity contribution >= 4 is 35.0 Å². The van der Waals surface area contributed by atoms with Gasteiger partial charge in [0.05, 0.1) is 10.5 Å². The predicted molar refractivity (Wildman–Crippen MR) is 109 cm³/mol. The highest BCUT2D eigenvalue weighted by Gasteiger charge is 2.58. The van der Waals surface area contributed by atoms with Gasteiger partial charge in [-0.2, -0.15) is 0 Å². The number of H-pyrrole nitrogens is 1. The summed E-state index contributed by atoms with van der Waals surface area (Å²) in [6, 6.07) is 17.5. The van der Waals surface area contributed by atoms with Gasteiger partial charge in [0.2, 0.25) is 5.16 Å². The molecule has 1 aliphatic rings. The minimum absolute atomic E-state index is 0.296. The number of halogens is 2. The van der Waals surface area contributed by atoms with E-state index in [2.05, 4.69) is 15.2 Å². The van der Waals surface area contributed by atoms with Gasteiger partial charge in [0.25, 0.3) is 0 Å². The minimum Gasteiger partial charge on any atom is -0.387 e. The number of alkyl halides is 1. The van der Waals surface area contributed by atoms with E-state index in [0.29, 0.717) is 28.8 Å². The standard InChI is InChI=1S/C20H19Cl2N3OS/c21-16-9-5-4-6-14(16)12-20(26,19(22)10-11-19)13-17-23-18(25-24-17)27-15-7-2-1-3-8-15/h1-9,26H,10-13H2,(H,23,24,25). The van der Waals surface area contributed by atoms with Gasteiger partial charge in [0.1, 0.15) is 5.82 Å². The van der Waals surface area contributed by atoms with Crippen LogP contribution in [-0.2, 0) is 12.8 Å². The summed E-state index contributed by atoms with van der Waals surface area (Å²) in [5.74, 6) is 0.620. The zero-order valence-electron chi connectivity index (χ0n) is 14.5. The topological polar surface area (TPSA) is 61.8 Å². The van der Waals surface area contributed by atoms with Crippen molar-refractivity contribution in [2.24, 2.45) is 0 Å². The van der Waals surface area contributed by atoms with Crippen LogP contribution in [0, 0.1) is 0 Å². The Bertz CT molecular complexity index is 930. The van der Waals surface area contributed by atoms with Crippen molar-refractivity contribution in [2.45, 2.75) is 46.2 Å². The second-order valence-electron chi connectivity index (χ2n) is 6.92. The number of rotatable bonds is 7. The Balaban J connectivity index is 1.54. The molecule has 1 aromatic heterocycles. The molecule has 3 aromatic rings. The van der Waals surface area contributed by atoms with Crippen LogP contribution < -0.4 is 0 Å². The molecular weight excluding hydrogens is 401 g/mol. The van der Waals surface area contributed by atoms with Crippen molar-refractivity contribution in [3.8, 4) is 0 Å². The van der Waals surface area contributed by atoms with E-state index < -0.39 is 10.5 Å². The Morgan fingerprint density at radius 1 is 1.07 bits per heavy atom. The normalized spacial score (nSPS) is 17.4. The van der Waals surface area contributed by atoms with Gasteiger partial charge in [-0.1, -0.05) is 48.0 Å². The molecule has 0 saturated heterocycles. The summed E-state index contributed by atoms with van der Waals surface area (Å²) in [5.41, 5.74) is -0.264. The maximum Gasteiger partial charge on any atom is 0.213 e. The zero-order chi connectivity index (χ0) is 18.9. The number of aliphatic hydroxyl groups is 1. The highest BCUT2D eigenvalue weighted by atomic mass is 35.5. The Kier molecular flexibility index (Phi) is 5.21. The molecule has 1 heterocycles. The van der Waals surface area contributed by atoms with Crippen LogP contribution in [0.5, 0.6) is 0 Å². The Morgan fingerprint density at radius 3 is 2.48 bits per heavy atom. The summed E-state index contributed by atoms with van der Waals surface area (Å²) in [6.07, 6.45) is 2.21. The monoisotopic (exact) mass is 419 g/mol. The molecule has 1 unspecified atom stereocenters. The van der Waals surface area contributed by atoms with Crippen LogP contribution in [0.1, 0.15) is 24.2 Å². The van der Waals surface area contributed by atoms with E-state index in [0.717, 1.165) is 23.3 Å². The lowest BCUT2D eigenvalue weighted by molar-refractivity contribution is 0.0265. The van der Waals surface area contributed by atoms with Gasteiger partial charge in [-0.15, -0.1) is 16.7 Å². The van der Waals surface area contributed by atoms with Crippen LogP contribution in [0.2, 0.25) is 5.02 Å². The molecule has 1 atom stereocenters. The Labute approximate surface area is 172 Å². The predicted octanol–water partition coefficient (Wildman–Crippen LogP) is 4.90. The van der Waals surface area contributed by atoms with Gasteiger partial charge >= 0.3 is 0 Å². The molecule has 0 radical (unpaired) electrons. The van der Waals surface area contributed by atoms with Gasteiger partial charge in [-0.05, 0) is 48.4 Å². The first kappa shape index (κ1) is 18.8. The Hall–Kier alpha value is -1.53. The third-order valence-corrected chi connectivity index (χ3v) is 6.86. The maximum absolute atomic E-state index is 11.5. The van der Waals surface area contributed by atoms with E-state index in [1.807, 2.05) is 54.6 Å². The summed E-state index contributed by atoms with van der Waals surface area (Å²) in [7, 11) is 0. The summed E-state index contributed by atoms with van der Waals surface area (Å²) >= 11 is 14.5. The van der Waals surface area contributed by atoms with Crippen molar-refractivity contribution in [2.75, 3.05) is 0 Å². The van der Waals surface area contributed by atoms with Crippen LogP contribution in [0.4, 0.5) is 0 Å². The average Bonchev–Trinajstić information content (AvgIpc) is 3.28. The fourth-order valence-corrected chi connectivity index (χ4v) is 4.37. The molecule has 0 spiro atoms. The third kappa shape index (κ3) is 4.16. The van der Waals surface area contributed by atoms with E-state index >= 15 is 0 Å². The lowest BCUT2D eigenvalue weighted by Gasteiger charge is -2.32. The van der Waals surface area contributed by atoms with Crippen molar-refractivity contribution in [3.63, 3.8) is 0 Å². The van der Waals surface area contributed by atoms with Crippen molar-refractivity contribution in [1.29, 1.82) is 0 Å². The van der Waals surface area contributed by atoms with Crippen LogP contribution >= 0.6 is 35.0 Å². The molecule has 1 saturated carbocycles. The summed E-state index contributed by atoms with van der Waals surface area (Å²) < 4.78 is 0. The van der Waals surface area contributed by atoms with Crippen LogP contribution in [0.15, 0.2) is 64.6 Å². The fourth-order valence-electron chi connectivity index (χ4n) is 3.18. The van der Waals surface area contributed by atoms with Gasteiger partial charge in [-0.3, -0.25) is 5.10 Å². The second-order valence-corrected chi connectivity index (χ2v) is 9.09. The quantitative estimate of drug-likeness (QED) is 0.534. The summed E-state index contributed by atoms with van der Waals surface area (Å²) in [6.45, 7) is 0. The number of hydrogen-bond donors (Lipinski definition) is 2. The van der Waals surface area contributed by atoms with E-state index in [1.54, 1.807) is 0 Å². The molecule has 0 bridgehead atoms. The molecule has 7 heteroatoms. The Morgan fingerprint density at radius 2 is 1.78 bits per heavy atom. The van der Waals surface area contributed by atoms with Crippen molar-refractivity contribution in [1.82, 2.24) is 15.2 Å². The van der Waals surface area contributed by atoms with E-state index in [1.165, 1.54) is 11.8 Å². The number of hydrogen-bond acceptors (Lipinski definition) is 4. The molecule has 0 amide bonds. The highest BCUT2D eigenvalue weighted by Crippen LogP contribution is 2.53. The van der Waals surface area contributed by atoms with Gasteiger partial charge in [0, 0.05) is 22.8 Å². The first-order valence-corrected chi connectivity index (χ1v) is 10.3. The van der Waals surface area contributed by atoms with E-state index in [9.17, 15) is 5.11 Å². The molecule has 4 rings (SSSR count). The molecule has 1 fully saturated rings. The zero-order valence-corrected chi connectivity index (χ0v) is 16.9. The number of aromatic amines is 1. The molecule has 4 nitrogen and oxygen atoms in total. The SMILES string of the molecule is OC(Cc1nc(Sc2ccccc2)n[nH]1)(Cc1ccccc1Cl)C1(Cl)CC1. The van der Waals surface area contributed by atoms with E-state index in [-0.39, 0.29) is 0 Å². The second kappa shape index (κ2) is 7.47. The molecule has 1 aliphatic carbocycles. The molecule has 0 aliphatic heterocycles. The first-order valence-electron chi connectivity index (χ1n) is 8.76. The highest BCUT2D eigenvalue weighted by molar-refractivity contribution is 7.99. The van der Waals surface area contributed by atoms with Crippen molar-refractivity contribution < 1.29 is 5.11 Å². The fraction of sp³-hybridized carbons (Fsp3) is 0.300. The van der Waals surface area contributed by atoms with Crippen LogP contribution in [-0.4, -0.2) is 30.8 Å². The molecule has 140 valence electrons. The van der Waals surface area contributed by atoms with Crippen LogP contribution in [0.25, 0.3) is 0 Å². The maximum atomic E-state index is 11.5. The molecule has 2 aromatic carbocycles. The lowest BCUT2D eigenvalue weighted by Crippen LogP contribution is -2.45. The molecule has 27 heavy (non-hydrogen) atoms. The van der Waals surface area contributed by atoms with Gasteiger partial charge < -0.3 is 5.11 Å². The molecule has 2 N–H and O–H groups in total. The first-order chi connectivity index (χ1) is 13.0. The number of aromatic nitrogens is 3. The number of nitrogens with one attached hydrogen (secondary N) is 1. The molecular formula is C20H19Cl2N3OS. The average molecular weight is 420 g/mol. The largest absolute Gasteiger partial charge is 0.387 e. The smallest absolute Gasteiger partial charge is 0.213 e. The van der Waals surface area contributed by atoms with Gasteiger partial charge in [-0.25, -0.2) is 4.98 Å². The number of nitrogens with zero attached hydrogens (tertiary/aromatic N) is 2.